The van der Waals surface area contributed by atoms with Gasteiger partial charge in [-0.2, -0.15) is 10.5 Å². The average molecular weight is 787 g/mol. The van der Waals surface area contributed by atoms with Gasteiger partial charge in [-0.15, -0.1) is 0 Å². The lowest BCUT2D eigenvalue weighted by Gasteiger charge is -2.45. The van der Waals surface area contributed by atoms with Crippen molar-refractivity contribution in [1.82, 2.24) is 0 Å². The van der Waals surface area contributed by atoms with E-state index in [9.17, 15) is 10.5 Å². The van der Waals surface area contributed by atoms with E-state index in [4.69, 9.17) is 0 Å². The number of para-hydroxylation sites is 4. The van der Waals surface area contributed by atoms with E-state index in [0.29, 0.717) is 11.1 Å². The zero-order valence-electron chi connectivity index (χ0n) is 33.5. The maximum atomic E-state index is 10.4. The predicted molar refractivity (Wildman–Crippen MR) is 242 cm³/mol. The topological polar surface area (TPSA) is 54.1 Å². The smallest absolute Gasteiger partial charge is 0.0991 e. The summed E-state index contributed by atoms with van der Waals surface area (Å²) in [5.74, 6) is 0. The number of anilines is 6. The summed E-state index contributed by atoms with van der Waals surface area (Å²) < 4.78 is 0. The summed E-state index contributed by atoms with van der Waals surface area (Å²) in [6.07, 6.45) is 0. The quantitative estimate of drug-likeness (QED) is 0.177. The monoisotopic (exact) mass is 786 g/mol. The highest BCUT2D eigenvalue weighted by molar-refractivity contribution is 8.00. The molecule has 0 saturated carbocycles. The van der Waals surface area contributed by atoms with Crippen LogP contribution in [0, 0.1) is 22.7 Å². The van der Waals surface area contributed by atoms with E-state index in [1.807, 2.05) is 36.4 Å². The highest BCUT2D eigenvalue weighted by Gasteiger charge is 2.42. The van der Waals surface area contributed by atoms with E-state index in [2.05, 4.69) is 173 Å². The highest BCUT2D eigenvalue weighted by Crippen LogP contribution is 2.64. The number of benzene rings is 7. The molecule has 2 heterocycles. The van der Waals surface area contributed by atoms with E-state index in [-0.39, 0.29) is 0 Å². The van der Waals surface area contributed by atoms with Gasteiger partial charge in [0.05, 0.1) is 57.4 Å². The first-order valence-corrected chi connectivity index (χ1v) is 21.2. The maximum Gasteiger partial charge on any atom is 0.0991 e. The van der Waals surface area contributed by atoms with Crippen molar-refractivity contribution in [3.05, 3.63) is 168 Å². The molecule has 7 aromatic carbocycles. The molecule has 0 fully saturated rings. The second-order valence-corrected chi connectivity index (χ2v) is 19.0. The number of nitriles is 2. The third-order valence-corrected chi connectivity index (χ3v) is 13.1. The molecule has 7 aromatic rings. The van der Waals surface area contributed by atoms with Gasteiger partial charge in [-0.1, -0.05) is 138 Å². The first-order valence-electron chi connectivity index (χ1n) is 19.6. The Morgan fingerprint density at radius 2 is 0.741 bits per heavy atom. The Balaban J connectivity index is 1.61. The number of hydrogen-bond acceptors (Lipinski definition) is 6. The van der Waals surface area contributed by atoms with Crippen LogP contribution in [-0.4, -0.2) is 0 Å². The molecule has 58 heavy (non-hydrogen) atoms. The van der Waals surface area contributed by atoms with E-state index >= 15 is 0 Å². The van der Waals surface area contributed by atoms with Gasteiger partial charge in [-0.3, -0.25) is 0 Å². The van der Waals surface area contributed by atoms with Gasteiger partial charge in [0.15, 0.2) is 0 Å². The van der Waals surface area contributed by atoms with E-state index < -0.39 is 10.8 Å². The third kappa shape index (κ3) is 6.25. The summed E-state index contributed by atoms with van der Waals surface area (Å²) in [6.45, 7) is 13.9. The number of hydrogen-bond donors (Lipinski definition) is 0. The molecule has 0 unspecified atom stereocenters. The lowest BCUT2D eigenvalue weighted by Crippen LogP contribution is -2.29. The lowest BCUT2D eigenvalue weighted by atomic mass is 9.70. The zero-order valence-corrected chi connectivity index (χ0v) is 35.1. The molecule has 2 aliphatic heterocycles. The minimum Gasteiger partial charge on any atom is -0.307 e. The Bertz CT molecular complexity index is 2590. The largest absolute Gasteiger partial charge is 0.307 e. The van der Waals surface area contributed by atoms with Crippen molar-refractivity contribution >= 4 is 57.6 Å². The van der Waals surface area contributed by atoms with Crippen molar-refractivity contribution in [3.8, 4) is 34.4 Å². The van der Waals surface area contributed by atoms with Gasteiger partial charge in [0.1, 0.15) is 0 Å². The van der Waals surface area contributed by atoms with E-state index in [0.717, 1.165) is 67.5 Å². The van der Waals surface area contributed by atoms with Gasteiger partial charge in [-0.05, 0) is 100 Å². The number of fused-ring (bicyclic) bond motifs is 4. The van der Waals surface area contributed by atoms with Gasteiger partial charge >= 0.3 is 0 Å². The van der Waals surface area contributed by atoms with Crippen molar-refractivity contribution in [2.45, 2.75) is 72.0 Å². The zero-order chi connectivity index (χ0) is 40.3. The van der Waals surface area contributed by atoms with Crippen LogP contribution in [0.3, 0.4) is 0 Å². The van der Waals surface area contributed by atoms with Gasteiger partial charge in [-0.25, -0.2) is 0 Å². The molecule has 0 bridgehead atoms. The molecule has 0 spiro atoms. The SMILES string of the molecule is CC(C)(C)c1c(-c2cccc(C#N)c2)c(N2c3ccccc3Sc3ccccc32)c(C(C)(C)C)c(N2c3ccccc3Sc3ccccc32)c1-c1cccc(C#N)c1. The predicted octanol–water partition coefficient (Wildman–Crippen LogP) is 15.2. The van der Waals surface area contributed by atoms with Gasteiger partial charge < -0.3 is 9.80 Å². The van der Waals surface area contributed by atoms with Crippen molar-refractivity contribution in [2.24, 2.45) is 0 Å². The van der Waals surface area contributed by atoms with Gasteiger partial charge in [0.2, 0.25) is 0 Å². The number of rotatable bonds is 4. The second-order valence-electron chi connectivity index (χ2n) is 16.8. The molecule has 0 aromatic heterocycles. The first-order chi connectivity index (χ1) is 28.0. The molecular formula is C52H42N4S2. The molecule has 6 heteroatoms. The van der Waals surface area contributed by atoms with Crippen LogP contribution in [0.4, 0.5) is 34.1 Å². The van der Waals surface area contributed by atoms with Crippen LogP contribution >= 0.6 is 23.5 Å². The van der Waals surface area contributed by atoms with Crippen LogP contribution in [0.25, 0.3) is 22.3 Å². The fraction of sp³-hybridized carbons (Fsp3) is 0.154. The van der Waals surface area contributed by atoms with Gasteiger partial charge in [0, 0.05) is 36.3 Å². The van der Waals surface area contributed by atoms with E-state index in [1.54, 1.807) is 23.5 Å². The van der Waals surface area contributed by atoms with Crippen molar-refractivity contribution in [2.75, 3.05) is 9.80 Å². The second kappa shape index (κ2) is 14.3. The molecular weight excluding hydrogens is 745 g/mol. The Morgan fingerprint density at radius 3 is 1.05 bits per heavy atom. The minimum atomic E-state index is -0.451. The van der Waals surface area contributed by atoms with Crippen LogP contribution in [-0.2, 0) is 10.8 Å². The average Bonchev–Trinajstić information content (AvgIpc) is 3.23. The van der Waals surface area contributed by atoms with Gasteiger partial charge in [0.25, 0.3) is 0 Å². The molecule has 0 aliphatic carbocycles. The summed E-state index contributed by atoms with van der Waals surface area (Å²) in [5, 5.41) is 20.8. The van der Waals surface area contributed by atoms with Crippen molar-refractivity contribution < 1.29 is 0 Å². The van der Waals surface area contributed by atoms with Crippen LogP contribution < -0.4 is 9.80 Å². The molecule has 0 atom stereocenters. The summed E-state index contributed by atoms with van der Waals surface area (Å²) in [7, 11) is 0. The fourth-order valence-electron chi connectivity index (χ4n) is 8.57. The Morgan fingerprint density at radius 1 is 0.414 bits per heavy atom. The summed E-state index contributed by atoms with van der Waals surface area (Å²) in [4.78, 5) is 9.70. The number of nitrogens with zero attached hydrogens (tertiary/aromatic N) is 4. The summed E-state index contributed by atoms with van der Waals surface area (Å²) in [6, 6.07) is 56.0. The van der Waals surface area contributed by atoms with Crippen molar-refractivity contribution in [3.63, 3.8) is 0 Å². The minimum absolute atomic E-state index is 0.441. The molecule has 9 rings (SSSR count). The molecule has 0 N–H and O–H groups in total. The standard InChI is InChI=1S/C52H42N4S2/c1-51(2,3)47-45(35-19-15-17-33(29-35)31-53)49(55-37-21-7-11-25-41(37)57-42-26-12-8-22-38(42)55)48(52(4,5)6)50(46(47)36-20-16-18-34(30-36)32-54)56-39-23-9-13-27-43(39)58-44-28-14-10-24-40(44)56/h7-30H,1-6H3. The first kappa shape index (κ1) is 37.4. The molecule has 0 amide bonds. The Hall–Kier alpha value is -6.18. The van der Waals surface area contributed by atoms with E-state index in [1.165, 1.54) is 19.6 Å². The van der Waals surface area contributed by atoms with Crippen LogP contribution in [0.1, 0.15) is 63.8 Å². The molecule has 0 radical (unpaired) electrons. The summed E-state index contributed by atoms with van der Waals surface area (Å²) in [5.41, 5.74) is 13.3. The Kier molecular flexibility index (Phi) is 9.24. The highest BCUT2D eigenvalue weighted by atomic mass is 32.2. The molecule has 4 nitrogen and oxygen atoms in total. The molecule has 0 saturated heterocycles. The fourth-order valence-corrected chi connectivity index (χ4v) is 10.7. The summed E-state index contributed by atoms with van der Waals surface area (Å²) >= 11 is 3.60. The van der Waals surface area contributed by atoms with Crippen LogP contribution in [0.5, 0.6) is 0 Å². The normalized spacial score (nSPS) is 13.1. The Labute approximate surface area is 350 Å². The third-order valence-electron chi connectivity index (χ3n) is 10.8. The molecule has 282 valence electrons. The van der Waals surface area contributed by atoms with Crippen LogP contribution in [0.15, 0.2) is 165 Å². The van der Waals surface area contributed by atoms with Crippen molar-refractivity contribution in [1.29, 1.82) is 10.5 Å². The molecule has 2 aliphatic rings. The maximum absolute atomic E-state index is 10.4. The lowest BCUT2D eigenvalue weighted by molar-refractivity contribution is 0.581. The van der Waals surface area contributed by atoms with Crippen LogP contribution in [0.2, 0.25) is 0 Å².